The van der Waals surface area contributed by atoms with Gasteiger partial charge in [0, 0.05) is 51.3 Å². The third-order valence-electron chi connectivity index (χ3n) is 4.07. The van der Waals surface area contributed by atoms with Gasteiger partial charge in [-0.25, -0.2) is 0 Å². The Morgan fingerprint density at radius 1 is 1.22 bits per heavy atom. The maximum absolute atomic E-state index is 12.5. The SMILES string of the molecule is CCN(CCC(=O)N1CCNCC1)C(=O)c1ccc(OC)cc1. The predicted octanol–water partition coefficient (Wildman–Crippen LogP) is 0.979. The normalized spacial score (nSPS) is 14.4. The van der Waals surface area contributed by atoms with Crippen LogP contribution in [0, 0.1) is 0 Å². The molecule has 0 bridgehead atoms. The first-order valence-corrected chi connectivity index (χ1v) is 8.07. The molecule has 0 aliphatic carbocycles. The largest absolute Gasteiger partial charge is 0.497 e. The fraction of sp³-hybridized carbons (Fsp3) is 0.529. The van der Waals surface area contributed by atoms with Crippen molar-refractivity contribution >= 4 is 11.8 Å². The summed E-state index contributed by atoms with van der Waals surface area (Å²) in [4.78, 5) is 28.3. The Morgan fingerprint density at radius 2 is 1.87 bits per heavy atom. The summed E-state index contributed by atoms with van der Waals surface area (Å²) in [5.41, 5.74) is 0.613. The molecular formula is C17H25N3O3. The van der Waals surface area contributed by atoms with Gasteiger partial charge in [-0.2, -0.15) is 0 Å². The van der Waals surface area contributed by atoms with E-state index in [9.17, 15) is 9.59 Å². The molecule has 6 heteroatoms. The van der Waals surface area contributed by atoms with Crippen LogP contribution in [-0.2, 0) is 4.79 Å². The van der Waals surface area contributed by atoms with Gasteiger partial charge in [-0.3, -0.25) is 9.59 Å². The van der Waals surface area contributed by atoms with Crippen molar-refractivity contribution in [2.75, 3.05) is 46.4 Å². The van der Waals surface area contributed by atoms with E-state index in [-0.39, 0.29) is 11.8 Å². The molecule has 1 aromatic rings. The number of nitrogens with zero attached hydrogens (tertiary/aromatic N) is 2. The third-order valence-corrected chi connectivity index (χ3v) is 4.07. The second-order valence-electron chi connectivity index (χ2n) is 5.49. The summed E-state index contributed by atoms with van der Waals surface area (Å²) in [5.74, 6) is 0.786. The molecule has 1 aliphatic heterocycles. The van der Waals surface area contributed by atoms with Gasteiger partial charge in [0.1, 0.15) is 5.75 Å². The van der Waals surface area contributed by atoms with Gasteiger partial charge >= 0.3 is 0 Å². The van der Waals surface area contributed by atoms with Gasteiger partial charge in [-0.1, -0.05) is 0 Å². The van der Waals surface area contributed by atoms with Gasteiger partial charge in [0.25, 0.3) is 5.91 Å². The summed E-state index contributed by atoms with van der Waals surface area (Å²) in [5, 5.41) is 3.23. The number of hydrogen-bond donors (Lipinski definition) is 1. The van der Waals surface area contributed by atoms with Crippen molar-refractivity contribution in [2.24, 2.45) is 0 Å². The van der Waals surface area contributed by atoms with Crippen molar-refractivity contribution in [1.82, 2.24) is 15.1 Å². The number of rotatable bonds is 6. The lowest BCUT2D eigenvalue weighted by Crippen LogP contribution is -2.47. The van der Waals surface area contributed by atoms with Crippen molar-refractivity contribution < 1.29 is 14.3 Å². The zero-order valence-corrected chi connectivity index (χ0v) is 13.9. The van der Waals surface area contributed by atoms with Crippen LogP contribution in [0.15, 0.2) is 24.3 Å². The Kier molecular flexibility index (Phi) is 6.40. The summed E-state index contributed by atoms with van der Waals surface area (Å²) < 4.78 is 5.10. The quantitative estimate of drug-likeness (QED) is 0.849. The van der Waals surface area contributed by atoms with Gasteiger partial charge in [0.2, 0.25) is 5.91 Å². The van der Waals surface area contributed by atoms with E-state index in [0.29, 0.717) is 25.1 Å². The van der Waals surface area contributed by atoms with E-state index in [2.05, 4.69) is 5.32 Å². The Hall–Kier alpha value is -2.08. The lowest BCUT2D eigenvalue weighted by atomic mass is 10.2. The number of hydrogen-bond acceptors (Lipinski definition) is 4. The van der Waals surface area contributed by atoms with Crippen molar-refractivity contribution in [2.45, 2.75) is 13.3 Å². The van der Waals surface area contributed by atoms with Crippen molar-refractivity contribution in [3.8, 4) is 5.75 Å². The number of amides is 2. The molecule has 6 nitrogen and oxygen atoms in total. The molecule has 1 aromatic carbocycles. The smallest absolute Gasteiger partial charge is 0.253 e. The molecule has 2 amide bonds. The first-order valence-electron chi connectivity index (χ1n) is 8.07. The maximum atomic E-state index is 12.5. The molecule has 1 fully saturated rings. The second-order valence-corrected chi connectivity index (χ2v) is 5.49. The van der Waals surface area contributed by atoms with Gasteiger partial charge in [-0.05, 0) is 31.2 Å². The standard InChI is InChI=1S/C17H25N3O3/c1-3-19(11-8-16(21)20-12-9-18-10-13-20)17(22)14-4-6-15(23-2)7-5-14/h4-7,18H,3,8-13H2,1-2H3. The highest BCUT2D eigenvalue weighted by Gasteiger charge is 2.19. The molecule has 1 heterocycles. The topological polar surface area (TPSA) is 61.9 Å². The lowest BCUT2D eigenvalue weighted by Gasteiger charge is -2.28. The van der Waals surface area contributed by atoms with E-state index >= 15 is 0 Å². The number of benzene rings is 1. The Morgan fingerprint density at radius 3 is 2.43 bits per heavy atom. The van der Waals surface area contributed by atoms with E-state index in [4.69, 9.17) is 4.74 Å². The Balaban J connectivity index is 1.90. The highest BCUT2D eigenvalue weighted by Crippen LogP contribution is 2.13. The number of carbonyl (C=O) groups excluding carboxylic acids is 2. The molecule has 1 saturated heterocycles. The van der Waals surface area contributed by atoms with Crippen LogP contribution in [0.1, 0.15) is 23.7 Å². The molecule has 1 N–H and O–H groups in total. The molecule has 2 rings (SSSR count). The molecule has 0 atom stereocenters. The van der Waals surface area contributed by atoms with E-state index in [1.807, 2.05) is 11.8 Å². The van der Waals surface area contributed by atoms with Crippen LogP contribution in [0.5, 0.6) is 5.75 Å². The molecule has 0 spiro atoms. The van der Waals surface area contributed by atoms with E-state index < -0.39 is 0 Å². The zero-order chi connectivity index (χ0) is 16.7. The molecule has 1 aliphatic rings. The monoisotopic (exact) mass is 319 g/mol. The number of carbonyl (C=O) groups is 2. The van der Waals surface area contributed by atoms with Gasteiger partial charge in [0.15, 0.2) is 0 Å². The predicted molar refractivity (Wildman–Crippen MR) is 88.6 cm³/mol. The highest BCUT2D eigenvalue weighted by molar-refractivity contribution is 5.94. The molecule has 0 unspecified atom stereocenters. The number of nitrogens with one attached hydrogen (secondary N) is 1. The summed E-state index contributed by atoms with van der Waals surface area (Å²) in [6.45, 7) is 6.14. The first-order chi connectivity index (χ1) is 11.2. The van der Waals surface area contributed by atoms with E-state index in [1.54, 1.807) is 36.3 Å². The fourth-order valence-corrected chi connectivity index (χ4v) is 2.62. The van der Waals surface area contributed by atoms with Crippen LogP contribution in [0.4, 0.5) is 0 Å². The first kappa shape index (κ1) is 17.3. The second kappa shape index (κ2) is 8.53. The Bertz CT molecular complexity index is 524. The minimum Gasteiger partial charge on any atom is -0.497 e. The van der Waals surface area contributed by atoms with Crippen LogP contribution < -0.4 is 10.1 Å². The number of piperazine rings is 1. The van der Waals surface area contributed by atoms with E-state index in [0.717, 1.165) is 31.9 Å². The van der Waals surface area contributed by atoms with Gasteiger partial charge in [0.05, 0.1) is 7.11 Å². The van der Waals surface area contributed by atoms with E-state index in [1.165, 1.54) is 0 Å². The highest BCUT2D eigenvalue weighted by atomic mass is 16.5. The van der Waals surface area contributed by atoms with Crippen LogP contribution in [0.2, 0.25) is 0 Å². The van der Waals surface area contributed by atoms with Crippen molar-refractivity contribution in [1.29, 1.82) is 0 Å². The minimum atomic E-state index is -0.0525. The van der Waals surface area contributed by atoms with Gasteiger partial charge in [-0.15, -0.1) is 0 Å². The average Bonchev–Trinajstić information content (AvgIpc) is 2.62. The summed E-state index contributed by atoms with van der Waals surface area (Å²) >= 11 is 0. The van der Waals surface area contributed by atoms with Crippen molar-refractivity contribution in [3.05, 3.63) is 29.8 Å². The Labute approximate surface area is 137 Å². The lowest BCUT2D eigenvalue weighted by molar-refractivity contribution is -0.131. The fourth-order valence-electron chi connectivity index (χ4n) is 2.62. The molecule has 23 heavy (non-hydrogen) atoms. The summed E-state index contributed by atoms with van der Waals surface area (Å²) in [6.07, 6.45) is 0.371. The molecular weight excluding hydrogens is 294 g/mol. The van der Waals surface area contributed by atoms with Crippen LogP contribution in [-0.4, -0.2) is 68.0 Å². The zero-order valence-electron chi connectivity index (χ0n) is 13.9. The van der Waals surface area contributed by atoms with Crippen molar-refractivity contribution in [3.63, 3.8) is 0 Å². The molecule has 126 valence electrons. The summed E-state index contributed by atoms with van der Waals surface area (Å²) in [6, 6.07) is 7.05. The molecule has 0 saturated carbocycles. The van der Waals surface area contributed by atoms with Crippen LogP contribution >= 0.6 is 0 Å². The minimum absolute atomic E-state index is 0.0525. The van der Waals surface area contributed by atoms with Crippen LogP contribution in [0.25, 0.3) is 0 Å². The molecule has 0 radical (unpaired) electrons. The summed E-state index contributed by atoms with van der Waals surface area (Å²) in [7, 11) is 1.59. The third kappa shape index (κ3) is 4.69. The number of methoxy groups -OCH3 is 1. The van der Waals surface area contributed by atoms with Gasteiger partial charge < -0.3 is 19.9 Å². The maximum Gasteiger partial charge on any atom is 0.253 e. The number of ether oxygens (including phenoxy) is 1. The van der Waals surface area contributed by atoms with Crippen LogP contribution in [0.3, 0.4) is 0 Å². The average molecular weight is 319 g/mol. The molecule has 0 aromatic heterocycles.